The molecule has 0 aromatic carbocycles. The Balaban J connectivity index is 1.47. The van der Waals surface area contributed by atoms with Crippen LogP contribution in [0.4, 0.5) is 5.82 Å². The average molecular weight is 522 g/mol. The molecule has 3 atom stereocenters. The van der Waals surface area contributed by atoms with Gasteiger partial charge in [-0.25, -0.2) is 14.5 Å². The van der Waals surface area contributed by atoms with Crippen LogP contribution in [-0.2, 0) is 4.74 Å². The highest BCUT2D eigenvalue weighted by molar-refractivity contribution is 7.13. The summed E-state index contributed by atoms with van der Waals surface area (Å²) in [6.45, 7) is 10.5. The zero-order chi connectivity index (χ0) is 25.8. The highest BCUT2D eigenvalue weighted by Crippen LogP contribution is 2.29. The summed E-state index contributed by atoms with van der Waals surface area (Å²) in [4.78, 5) is 13.3. The minimum Gasteiger partial charge on any atom is -0.379 e. The van der Waals surface area contributed by atoms with Crippen molar-refractivity contribution in [1.82, 2.24) is 29.8 Å². The smallest absolute Gasteiger partial charge is 0.165 e. The Morgan fingerprint density at radius 1 is 1.22 bits per heavy atom. The fourth-order valence-corrected chi connectivity index (χ4v) is 5.46. The molecule has 1 unspecified atom stereocenters. The van der Waals surface area contributed by atoms with E-state index in [0.29, 0.717) is 30.7 Å². The van der Waals surface area contributed by atoms with Crippen LogP contribution in [0.3, 0.4) is 0 Å². The van der Waals surface area contributed by atoms with Crippen molar-refractivity contribution in [2.75, 3.05) is 38.2 Å². The van der Waals surface area contributed by atoms with Crippen molar-refractivity contribution in [1.29, 1.82) is 0 Å². The molecule has 3 N–H and O–H groups in total. The zero-order valence-electron chi connectivity index (χ0n) is 21.6. The summed E-state index contributed by atoms with van der Waals surface area (Å²) in [7, 11) is 0. The monoisotopic (exact) mass is 521 g/mol. The average Bonchev–Trinajstić information content (AvgIpc) is 3.69. The lowest BCUT2D eigenvalue weighted by molar-refractivity contribution is 0.121. The summed E-state index contributed by atoms with van der Waals surface area (Å²) >= 11 is 1.65. The molecule has 0 aliphatic carbocycles. The van der Waals surface area contributed by atoms with Crippen LogP contribution in [0, 0.1) is 0 Å². The summed E-state index contributed by atoms with van der Waals surface area (Å²) in [5.41, 5.74) is 3.89. The number of aliphatic hydroxyl groups excluding tert-OH is 1. The van der Waals surface area contributed by atoms with Gasteiger partial charge in [0.1, 0.15) is 12.0 Å². The number of nitrogens with zero attached hydrogens (tertiary/aromatic N) is 5. The molecule has 5 heterocycles. The molecule has 0 spiro atoms. The molecule has 1 aliphatic heterocycles. The molecular formula is C27H35N7O2S. The van der Waals surface area contributed by atoms with Gasteiger partial charge in [-0.15, -0.1) is 11.3 Å². The maximum atomic E-state index is 11.1. The molecule has 1 aliphatic rings. The number of anilines is 1. The highest BCUT2D eigenvalue weighted by Gasteiger charge is 2.20. The van der Waals surface area contributed by atoms with Crippen LogP contribution in [0.25, 0.3) is 27.5 Å². The number of pyridine rings is 1. The molecule has 196 valence electrons. The first kappa shape index (κ1) is 25.7. The first-order valence-electron chi connectivity index (χ1n) is 13.0. The van der Waals surface area contributed by atoms with Crippen LogP contribution >= 0.6 is 11.3 Å². The minimum atomic E-state index is -0.836. The number of hydrogen-bond acceptors (Lipinski definition) is 9. The Labute approximate surface area is 221 Å². The third-order valence-electron chi connectivity index (χ3n) is 6.91. The van der Waals surface area contributed by atoms with Crippen molar-refractivity contribution in [2.45, 2.75) is 45.5 Å². The largest absolute Gasteiger partial charge is 0.379 e. The van der Waals surface area contributed by atoms with Crippen LogP contribution in [0.15, 0.2) is 48.1 Å². The van der Waals surface area contributed by atoms with E-state index in [-0.39, 0.29) is 6.04 Å². The summed E-state index contributed by atoms with van der Waals surface area (Å²) in [5.74, 6) is 0.703. The quantitative estimate of drug-likeness (QED) is 0.255. The van der Waals surface area contributed by atoms with Crippen molar-refractivity contribution in [3.8, 4) is 21.8 Å². The molecule has 0 saturated carbocycles. The number of thiophene rings is 1. The number of rotatable bonds is 11. The lowest BCUT2D eigenvalue weighted by Gasteiger charge is -2.27. The summed E-state index contributed by atoms with van der Waals surface area (Å²) in [6, 6.07) is 10.4. The first-order chi connectivity index (χ1) is 18.1. The van der Waals surface area contributed by atoms with Crippen LogP contribution in [-0.4, -0.2) is 74.5 Å². The van der Waals surface area contributed by atoms with Crippen molar-refractivity contribution in [2.24, 2.45) is 0 Å². The number of nitrogens with one attached hydrogen (secondary N) is 2. The molecule has 0 amide bonds. The summed E-state index contributed by atoms with van der Waals surface area (Å²) < 4.78 is 7.31. The second-order valence-electron chi connectivity index (χ2n) is 9.37. The number of hydrogen-bond donors (Lipinski definition) is 3. The SMILES string of the molecule is CCN(CC)[C@@H](C)CNC(O)c1cc(N[C@H]2CCOC2)nc(-c2cnn3ccc(-c4cccs4)nc23)c1. The van der Waals surface area contributed by atoms with Gasteiger partial charge in [-0.05, 0) is 56.1 Å². The maximum Gasteiger partial charge on any atom is 0.165 e. The molecule has 10 heteroatoms. The van der Waals surface area contributed by atoms with E-state index in [0.717, 1.165) is 53.5 Å². The minimum absolute atomic E-state index is 0.191. The Morgan fingerprint density at radius 3 is 2.81 bits per heavy atom. The molecule has 37 heavy (non-hydrogen) atoms. The molecular weight excluding hydrogens is 486 g/mol. The van der Waals surface area contributed by atoms with Crippen LogP contribution in [0.2, 0.25) is 0 Å². The Kier molecular flexibility index (Phi) is 8.11. The highest BCUT2D eigenvalue weighted by atomic mass is 32.1. The Morgan fingerprint density at radius 2 is 2.08 bits per heavy atom. The van der Waals surface area contributed by atoms with Gasteiger partial charge >= 0.3 is 0 Å². The van der Waals surface area contributed by atoms with Gasteiger partial charge in [0.2, 0.25) is 0 Å². The molecule has 0 bridgehead atoms. The predicted molar refractivity (Wildman–Crippen MR) is 148 cm³/mol. The van der Waals surface area contributed by atoms with Gasteiger partial charge in [-0.1, -0.05) is 19.9 Å². The van der Waals surface area contributed by atoms with Crippen LogP contribution in [0.5, 0.6) is 0 Å². The van der Waals surface area contributed by atoms with Crippen molar-refractivity contribution in [3.05, 3.63) is 53.7 Å². The van der Waals surface area contributed by atoms with Gasteiger partial charge < -0.3 is 15.2 Å². The van der Waals surface area contributed by atoms with Crippen molar-refractivity contribution >= 4 is 22.8 Å². The molecule has 1 saturated heterocycles. The predicted octanol–water partition coefficient (Wildman–Crippen LogP) is 4.03. The number of aliphatic hydroxyl groups is 1. The first-order valence-corrected chi connectivity index (χ1v) is 13.8. The number of fused-ring (bicyclic) bond motifs is 1. The van der Waals surface area contributed by atoms with Gasteiger partial charge in [0, 0.05) is 31.0 Å². The van der Waals surface area contributed by atoms with E-state index in [1.165, 1.54) is 0 Å². The third-order valence-corrected chi connectivity index (χ3v) is 7.80. The van der Waals surface area contributed by atoms with Gasteiger partial charge in [-0.2, -0.15) is 5.10 Å². The Bertz CT molecular complexity index is 1300. The Hall–Kier alpha value is -2.89. The van der Waals surface area contributed by atoms with Crippen molar-refractivity contribution in [3.63, 3.8) is 0 Å². The topological polar surface area (TPSA) is 99.8 Å². The van der Waals surface area contributed by atoms with Crippen LogP contribution < -0.4 is 10.6 Å². The lowest BCUT2D eigenvalue weighted by Crippen LogP contribution is -2.41. The van der Waals surface area contributed by atoms with E-state index in [9.17, 15) is 5.11 Å². The fourth-order valence-electron chi connectivity index (χ4n) is 4.77. The lowest BCUT2D eigenvalue weighted by atomic mass is 10.1. The molecule has 9 nitrogen and oxygen atoms in total. The van der Waals surface area contributed by atoms with Gasteiger partial charge in [0.15, 0.2) is 5.65 Å². The van der Waals surface area contributed by atoms with E-state index in [1.54, 1.807) is 22.0 Å². The van der Waals surface area contributed by atoms with Crippen LogP contribution in [0.1, 0.15) is 39.0 Å². The summed E-state index contributed by atoms with van der Waals surface area (Å²) in [5, 5.41) is 24.5. The normalized spacial score (nSPS) is 17.5. The van der Waals surface area contributed by atoms with E-state index < -0.39 is 6.23 Å². The van der Waals surface area contributed by atoms with Gasteiger partial charge in [0.25, 0.3) is 0 Å². The van der Waals surface area contributed by atoms with Crippen molar-refractivity contribution < 1.29 is 9.84 Å². The van der Waals surface area contributed by atoms with E-state index >= 15 is 0 Å². The second kappa shape index (κ2) is 11.7. The van der Waals surface area contributed by atoms with E-state index in [1.807, 2.05) is 35.8 Å². The standard InChI is InChI=1S/C27H35N7O2S/c1-4-33(5-2)18(3)15-28-27(35)19-13-23(31-25(14-19)30-20-9-11-36-17-20)21-16-29-34-10-8-22(32-26(21)34)24-7-6-12-37-24/h6-8,10,12-14,16,18,20,27-28,35H,4-5,9,11,15,17H2,1-3H3,(H,30,31)/t18-,20-,27?/m0/s1. The van der Waals surface area contributed by atoms with E-state index in [4.69, 9.17) is 14.7 Å². The maximum absolute atomic E-state index is 11.1. The zero-order valence-corrected chi connectivity index (χ0v) is 22.4. The molecule has 5 rings (SSSR count). The number of likely N-dealkylation sites (N-methyl/N-ethyl adjacent to an activating group) is 1. The molecule has 4 aromatic heterocycles. The van der Waals surface area contributed by atoms with Gasteiger partial charge in [-0.3, -0.25) is 10.2 Å². The molecule has 0 radical (unpaired) electrons. The van der Waals surface area contributed by atoms with E-state index in [2.05, 4.69) is 47.5 Å². The second-order valence-corrected chi connectivity index (χ2v) is 10.3. The third kappa shape index (κ3) is 5.83. The summed E-state index contributed by atoms with van der Waals surface area (Å²) in [6.07, 6.45) is 3.80. The fraction of sp³-hybridized carbons (Fsp3) is 0.444. The number of aromatic nitrogens is 4. The number of ether oxygens (including phenoxy) is 1. The van der Waals surface area contributed by atoms with Gasteiger partial charge in [0.05, 0.1) is 40.7 Å². The molecule has 4 aromatic rings. The molecule has 1 fully saturated rings.